The van der Waals surface area contributed by atoms with Gasteiger partial charge in [-0.1, -0.05) is 63.2 Å². The van der Waals surface area contributed by atoms with E-state index in [1.165, 1.54) is 29.4 Å². The van der Waals surface area contributed by atoms with Crippen molar-refractivity contribution in [3.63, 3.8) is 0 Å². The second-order valence-electron chi connectivity index (χ2n) is 22.2. The maximum atomic E-state index is 14.3. The average Bonchev–Trinajstić information content (AvgIpc) is 4.46. The van der Waals surface area contributed by atoms with E-state index in [0.29, 0.717) is 87.6 Å². The van der Waals surface area contributed by atoms with Crippen LogP contribution in [0.2, 0.25) is 0 Å². The minimum Gasteiger partial charge on any atom is -0.406 e. The second-order valence-corrected chi connectivity index (χ2v) is 23.0. The predicted molar refractivity (Wildman–Crippen MR) is 302 cm³/mol. The number of halogens is 3. The largest absolute Gasteiger partial charge is 0.573 e. The number of hydrogen-bond acceptors (Lipinski definition) is 14. The number of amides is 5. The highest BCUT2D eigenvalue weighted by molar-refractivity contribution is 7.13. The molecule has 9 rings (SSSR count). The maximum Gasteiger partial charge on any atom is 0.573 e. The molecule has 3 aromatic heterocycles. The number of hydrogen-bond donors (Lipinski definition) is 5. The van der Waals surface area contributed by atoms with Crippen LogP contribution in [0.25, 0.3) is 32.6 Å². The fraction of sp³-hybridized carbons (Fsp3) is 0.448. The molecular formula is C58H69F3N12O7S. The smallest absolute Gasteiger partial charge is 0.406 e. The summed E-state index contributed by atoms with van der Waals surface area (Å²) < 4.78 is 44.4. The quantitative estimate of drug-likeness (QED) is 0.0585. The van der Waals surface area contributed by atoms with Crippen molar-refractivity contribution < 1.29 is 47.0 Å². The van der Waals surface area contributed by atoms with Gasteiger partial charge in [-0.15, -0.1) is 24.5 Å². The maximum absolute atomic E-state index is 14.3. The Morgan fingerprint density at radius 2 is 1.63 bits per heavy atom. The molecule has 6 aromatic rings. The number of carbonyl (C=O) groups is 5. The lowest BCUT2D eigenvalue weighted by Gasteiger charge is -2.36. The van der Waals surface area contributed by atoms with Gasteiger partial charge in [0.05, 0.1) is 46.6 Å². The number of alkyl halides is 3. The number of aryl methyl sites for hydroxylation is 2. The molecule has 2 saturated heterocycles. The average molecular weight is 1140 g/mol. The molecular weight excluding hydrogens is 1070 g/mol. The number of benzene rings is 3. The zero-order chi connectivity index (χ0) is 57.8. The molecule has 5 amide bonds. The minimum absolute atomic E-state index is 0.0221. The Kier molecular flexibility index (Phi) is 17.8. The first-order valence-electron chi connectivity index (χ1n) is 27.3. The molecule has 6 heterocycles. The highest BCUT2D eigenvalue weighted by Gasteiger charge is 2.45. The zero-order valence-corrected chi connectivity index (χ0v) is 46.9. The third kappa shape index (κ3) is 14.2. The topological polar surface area (TPSA) is 233 Å². The molecule has 0 saturated carbocycles. The molecule has 3 aromatic carbocycles. The number of aromatic nitrogens is 4. The Morgan fingerprint density at radius 1 is 0.889 bits per heavy atom. The number of nitrogens with one attached hydrogen (secondary N) is 3. The molecule has 0 aliphatic carbocycles. The monoisotopic (exact) mass is 1130 g/mol. The summed E-state index contributed by atoms with van der Waals surface area (Å²) in [5.41, 5.74) is 14.8. The van der Waals surface area contributed by atoms with Crippen molar-refractivity contribution in [1.82, 2.24) is 50.2 Å². The molecule has 0 radical (unpaired) electrons. The summed E-state index contributed by atoms with van der Waals surface area (Å²) in [4.78, 5) is 89.6. The van der Waals surface area contributed by atoms with Crippen LogP contribution >= 0.6 is 11.3 Å². The van der Waals surface area contributed by atoms with Crippen molar-refractivity contribution in [2.45, 2.75) is 104 Å². The first-order chi connectivity index (χ1) is 38.6. The van der Waals surface area contributed by atoms with E-state index in [9.17, 15) is 42.3 Å². The van der Waals surface area contributed by atoms with Crippen molar-refractivity contribution in [3.8, 4) is 27.3 Å². The number of nitrogens with two attached hydrogens (primary N) is 1. The Balaban J connectivity index is 0.708. The molecule has 3 aliphatic rings. The van der Waals surface area contributed by atoms with Gasteiger partial charge in [0.1, 0.15) is 35.6 Å². The van der Waals surface area contributed by atoms with Crippen LogP contribution in [0.3, 0.4) is 0 Å². The standard InChI is InChI=1S/C58H69F3N12O7S/c1-35(38-10-12-39(13-11-38)51-36(2)66-34-81-51)67-55(78)46-29-42(74)30-73(46)56(79)52(57(3,4)5)68-47(75)17-20-69-22-24-70(25-23-69)32-48(76)63-18-7-19-71-31-44(50-53(62)64-33-65-54(50)71)40-14-15-45-41(28-40)16-21-72(45)49(77)27-37-8-6-9-43(26-37)80-58(59,60)61/h6,8-15,26,28,31,33-35,42,46,52,74H,7,16-25,27,29-30,32H2,1-5H3,(H,63,76)(H,67,78)(H,68,75)(H2,62,64,65)/t35-,42+,46-,52+/m0/s1. The van der Waals surface area contributed by atoms with Gasteiger partial charge >= 0.3 is 6.36 Å². The van der Waals surface area contributed by atoms with Crippen molar-refractivity contribution >= 4 is 63.4 Å². The van der Waals surface area contributed by atoms with Gasteiger partial charge in [-0.3, -0.25) is 28.9 Å². The van der Waals surface area contributed by atoms with Gasteiger partial charge in [0.2, 0.25) is 29.5 Å². The van der Waals surface area contributed by atoms with Gasteiger partial charge in [0.25, 0.3) is 0 Å². The fourth-order valence-electron chi connectivity index (χ4n) is 10.9. The number of fused-ring (bicyclic) bond motifs is 2. The number of nitrogens with zero attached hydrogens (tertiary/aromatic N) is 8. The van der Waals surface area contributed by atoms with Crippen molar-refractivity contribution in [3.05, 3.63) is 107 Å². The first kappa shape index (κ1) is 58.2. The van der Waals surface area contributed by atoms with Gasteiger partial charge in [0, 0.05) is 89.2 Å². The molecule has 3 aliphatic heterocycles. The Hall–Kier alpha value is -7.47. The molecule has 23 heteroatoms. The van der Waals surface area contributed by atoms with E-state index in [-0.39, 0.29) is 67.8 Å². The highest BCUT2D eigenvalue weighted by atomic mass is 32.1. The molecule has 0 bridgehead atoms. The van der Waals surface area contributed by atoms with Crippen LogP contribution in [0.5, 0.6) is 5.75 Å². The van der Waals surface area contributed by atoms with Gasteiger partial charge < -0.3 is 50.8 Å². The number of anilines is 2. The molecule has 0 spiro atoms. The van der Waals surface area contributed by atoms with Crippen molar-refractivity contribution in [2.75, 3.05) is 69.5 Å². The van der Waals surface area contributed by atoms with E-state index < -0.39 is 35.9 Å². The van der Waals surface area contributed by atoms with Crippen LogP contribution < -0.4 is 31.3 Å². The van der Waals surface area contributed by atoms with Crippen LogP contribution in [0.4, 0.5) is 24.7 Å². The van der Waals surface area contributed by atoms with Gasteiger partial charge in [0.15, 0.2) is 0 Å². The predicted octanol–water partition coefficient (Wildman–Crippen LogP) is 6.03. The number of rotatable bonds is 19. The number of likely N-dealkylation sites (tertiary alicyclic amines) is 1. The van der Waals surface area contributed by atoms with E-state index >= 15 is 0 Å². The van der Waals surface area contributed by atoms with Crippen molar-refractivity contribution in [2.24, 2.45) is 5.41 Å². The summed E-state index contributed by atoms with van der Waals surface area (Å²) >= 11 is 1.57. The number of aliphatic hydroxyl groups is 1. The lowest BCUT2D eigenvalue weighted by Crippen LogP contribution is -2.58. The van der Waals surface area contributed by atoms with Crippen LogP contribution in [0.15, 0.2) is 84.8 Å². The first-order valence-corrected chi connectivity index (χ1v) is 28.1. The van der Waals surface area contributed by atoms with Gasteiger partial charge in [-0.2, -0.15) is 0 Å². The van der Waals surface area contributed by atoms with Gasteiger partial charge in [-0.25, -0.2) is 15.0 Å². The van der Waals surface area contributed by atoms with E-state index in [1.54, 1.807) is 22.3 Å². The second kappa shape index (κ2) is 24.7. The molecule has 19 nitrogen and oxygen atoms in total. The molecule has 2 fully saturated rings. The molecule has 81 heavy (non-hydrogen) atoms. The Bertz CT molecular complexity index is 3260. The summed E-state index contributed by atoms with van der Waals surface area (Å²) in [7, 11) is 0. The Labute approximate surface area is 472 Å². The summed E-state index contributed by atoms with van der Waals surface area (Å²) in [5.74, 6) is -1.52. The third-order valence-corrected chi connectivity index (χ3v) is 16.2. The number of carbonyl (C=O) groups excluding carboxylic acids is 5. The van der Waals surface area contributed by atoms with Crippen LogP contribution in [-0.4, -0.2) is 152 Å². The van der Waals surface area contributed by atoms with Crippen LogP contribution in [0.1, 0.15) is 75.4 Å². The minimum atomic E-state index is -4.84. The molecule has 0 unspecified atom stereocenters. The summed E-state index contributed by atoms with van der Waals surface area (Å²) in [6, 6.07) is 16.9. The van der Waals surface area contributed by atoms with E-state index in [2.05, 4.69) is 45.4 Å². The number of nitrogen functional groups attached to an aromatic ring is 1. The fourth-order valence-corrected chi connectivity index (χ4v) is 11.7. The lowest BCUT2D eigenvalue weighted by atomic mass is 9.85. The van der Waals surface area contributed by atoms with Crippen molar-refractivity contribution in [1.29, 1.82) is 0 Å². The lowest BCUT2D eigenvalue weighted by molar-refractivity contribution is -0.274. The third-order valence-electron chi connectivity index (χ3n) is 15.2. The number of ether oxygens (including phenoxy) is 1. The molecule has 430 valence electrons. The van der Waals surface area contributed by atoms with E-state index in [0.717, 1.165) is 44.1 Å². The number of β-amino-alcohol motifs (C(OH)–C–C–N with tert-alkyl or cyclic N) is 1. The molecule has 4 atom stereocenters. The number of aliphatic hydroxyl groups excluding tert-OH is 1. The normalized spacial score (nSPS) is 17.7. The summed E-state index contributed by atoms with van der Waals surface area (Å²) in [5, 5.41) is 20.4. The van der Waals surface area contributed by atoms with Crippen LogP contribution in [-0.2, 0) is 43.4 Å². The Morgan fingerprint density at radius 3 is 2.35 bits per heavy atom. The van der Waals surface area contributed by atoms with E-state index in [4.69, 9.17) is 5.73 Å². The van der Waals surface area contributed by atoms with Gasteiger partial charge in [-0.05, 0) is 84.2 Å². The summed E-state index contributed by atoms with van der Waals surface area (Å²) in [6.45, 7) is 14.0. The summed E-state index contributed by atoms with van der Waals surface area (Å²) in [6.07, 6.45) is -1.04. The van der Waals surface area contributed by atoms with Crippen LogP contribution in [0, 0.1) is 12.3 Å². The highest BCUT2D eigenvalue weighted by Crippen LogP contribution is 2.38. The SMILES string of the molecule is Cc1ncsc1-c1ccc([C@H](C)NC(=O)[C@@H]2C[C@@H](O)CN2C(=O)[C@@H](NC(=O)CCN2CCN(CC(=O)NCCCn3cc(-c4ccc5c(c4)CCN5C(=O)Cc4cccc(OC(F)(F)F)c4)c4c(N)ncnc43)CC2)C(C)(C)C)cc1. The molecule has 6 N–H and O–H groups in total. The number of piperazine rings is 1. The zero-order valence-electron chi connectivity index (χ0n) is 46.1. The van der Waals surface area contributed by atoms with E-state index in [1.807, 2.05) is 93.4 Å². The number of thiazole rings is 1.